The molecule has 4 aliphatic rings. The number of nitrogens with zero attached hydrogens (tertiary/aromatic N) is 2. The molecule has 2 bridgehead atoms. The Morgan fingerprint density at radius 3 is 2.13 bits per heavy atom. The number of nitro benzene ring substituents is 1. The monoisotopic (exact) mass is 417 g/mol. The molecule has 1 heterocycles. The first-order valence-corrected chi connectivity index (χ1v) is 10.2. The van der Waals surface area contributed by atoms with Gasteiger partial charge in [0.1, 0.15) is 0 Å². The fourth-order valence-corrected chi connectivity index (χ4v) is 4.99. The number of carbonyl (C=O) groups is 3. The van der Waals surface area contributed by atoms with Crippen molar-refractivity contribution in [1.29, 1.82) is 0 Å². The third kappa shape index (κ3) is 3.11. The third-order valence-corrected chi connectivity index (χ3v) is 6.46. The molecule has 1 saturated carbocycles. The van der Waals surface area contributed by atoms with E-state index in [0.717, 1.165) is 12.8 Å². The summed E-state index contributed by atoms with van der Waals surface area (Å²) in [7, 11) is 0. The highest BCUT2D eigenvalue weighted by molar-refractivity contribution is 6.22. The molecule has 1 saturated heterocycles. The number of rotatable bonds is 4. The molecule has 2 aromatic carbocycles. The molecular weight excluding hydrogens is 398 g/mol. The number of carbonyl (C=O) groups excluding carboxylic acids is 3. The first-order chi connectivity index (χ1) is 14.9. The molecule has 3 aliphatic carbocycles. The lowest BCUT2D eigenvalue weighted by Gasteiger charge is -2.38. The lowest BCUT2D eigenvalue weighted by atomic mass is 9.63. The maximum atomic E-state index is 13.0. The van der Waals surface area contributed by atoms with Gasteiger partial charge in [-0.25, -0.2) is 0 Å². The number of amides is 3. The van der Waals surface area contributed by atoms with Crippen LogP contribution in [-0.2, 0) is 9.59 Å². The van der Waals surface area contributed by atoms with Crippen LogP contribution in [0.4, 0.5) is 17.1 Å². The fraction of sp³-hybridized carbons (Fsp3) is 0.261. The number of benzene rings is 2. The number of fused-ring (bicyclic) bond motifs is 1. The van der Waals surface area contributed by atoms with Gasteiger partial charge in [0.25, 0.3) is 11.6 Å². The topological polar surface area (TPSA) is 110 Å². The molecule has 0 aromatic heterocycles. The third-order valence-electron chi connectivity index (χ3n) is 6.46. The predicted molar refractivity (Wildman–Crippen MR) is 112 cm³/mol. The number of nitro groups is 1. The second-order valence-electron chi connectivity index (χ2n) is 8.16. The van der Waals surface area contributed by atoms with Crippen LogP contribution in [0.1, 0.15) is 23.2 Å². The second-order valence-corrected chi connectivity index (χ2v) is 8.16. The zero-order valence-electron chi connectivity index (χ0n) is 16.4. The smallest absolute Gasteiger partial charge is 0.271 e. The Balaban J connectivity index is 1.34. The van der Waals surface area contributed by atoms with Gasteiger partial charge in [-0.1, -0.05) is 18.2 Å². The minimum Gasteiger partial charge on any atom is -0.322 e. The van der Waals surface area contributed by atoms with Gasteiger partial charge in [0.05, 0.1) is 22.4 Å². The summed E-state index contributed by atoms with van der Waals surface area (Å²) in [6.45, 7) is 0. The van der Waals surface area contributed by atoms with Gasteiger partial charge in [-0.15, -0.1) is 0 Å². The molecule has 2 fully saturated rings. The number of hydrogen-bond acceptors (Lipinski definition) is 5. The lowest BCUT2D eigenvalue weighted by molar-refractivity contribution is -0.384. The van der Waals surface area contributed by atoms with Crippen LogP contribution in [0.15, 0.2) is 60.7 Å². The molecular formula is C23H19N3O5. The average Bonchev–Trinajstić information content (AvgIpc) is 3.07. The van der Waals surface area contributed by atoms with Gasteiger partial charge in [0, 0.05) is 23.4 Å². The molecule has 1 N–H and O–H groups in total. The molecule has 8 nitrogen and oxygen atoms in total. The summed E-state index contributed by atoms with van der Waals surface area (Å²) in [5.41, 5.74) is 0.952. The first kappa shape index (κ1) is 19.2. The van der Waals surface area contributed by atoms with Gasteiger partial charge >= 0.3 is 0 Å². The Morgan fingerprint density at radius 1 is 0.968 bits per heavy atom. The summed E-state index contributed by atoms with van der Waals surface area (Å²) in [5.74, 6) is -1.10. The van der Waals surface area contributed by atoms with Gasteiger partial charge in [-0.2, -0.15) is 0 Å². The summed E-state index contributed by atoms with van der Waals surface area (Å²) >= 11 is 0. The Hall–Kier alpha value is -3.81. The van der Waals surface area contributed by atoms with E-state index in [2.05, 4.69) is 17.5 Å². The maximum absolute atomic E-state index is 13.0. The molecule has 0 radical (unpaired) electrons. The number of non-ortho nitro benzene ring substituents is 1. The van der Waals surface area contributed by atoms with Crippen molar-refractivity contribution >= 4 is 34.8 Å². The van der Waals surface area contributed by atoms with Crippen LogP contribution >= 0.6 is 0 Å². The Labute approximate surface area is 177 Å². The minimum absolute atomic E-state index is 0.121. The van der Waals surface area contributed by atoms with E-state index in [1.807, 2.05) is 0 Å². The first-order valence-electron chi connectivity index (χ1n) is 10.2. The van der Waals surface area contributed by atoms with Gasteiger partial charge in [0.15, 0.2) is 0 Å². The lowest BCUT2D eigenvalue weighted by Crippen LogP contribution is -2.38. The van der Waals surface area contributed by atoms with E-state index in [0.29, 0.717) is 16.9 Å². The highest BCUT2D eigenvalue weighted by atomic mass is 16.6. The summed E-state index contributed by atoms with van der Waals surface area (Å²) < 4.78 is 0. The van der Waals surface area contributed by atoms with Crippen molar-refractivity contribution in [2.24, 2.45) is 23.7 Å². The Kier molecular flexibility index (Phi) is 4.43. The summed E-state index contributed by atoms with van der Waals surface area (Å²) in [5, 5.41) is 13.5. The standard InChI is InChI=1S/C23H19N3O5/c27-21(24-16-2-1-3-18(12-16)26(30)31)15-8-10-17(11-9-15)25-22(28)19-13-4-5-14(7-6-13)20(19)23(25)29/h1-5,8-14,19-20H,6-7H2,(H,24,27). The normalized spacial score (nSPS) is 26.1. The molecule has 0 spiro atoms. The van der Waals surface area contributed by atoms with E-state index in [1.54, 1.807) is 18.2 Å². The second kappa shape index (κ2) is 7.16. The predicted octanol–water partition coefficient (Wildman–Crippen LogP) is 3.55. The van der Waals surface area contributed by atoms with Crippen molar-refractivity contribution in [3.05, 3.63) is 76.4 Å². The highest BCUT2D eigenvalue weighted by Crippen LogP contribution is 2.50. The molecule has 3 amide bonds. The minimum atomic E-state index is -0.534. The van der Waals surface area contributed by atoms with Gasteiger partial charge in [-0.05, 0) is 55.0 Å². The molecule has 2 aromatic rings. The molecule has 1 aliphatic heterocycles. The maximum Gasteiger partial charge on any atom is 0.271 e. The SMILES string of the molecule is O=C(Nc1cccc([N+](=O)[O-])c1)c1ccc(N2C(=O)C3C4C=CC(CC4)C3C2=O)cc1. The van der Waals surface area contributed by atoms with E-state index in [1.165, 1.54) is 35.2 Å². The highest BCUT2D eigenvalue weighted by Gasteiger charge is 2.56. The van der Waals surface area contributed by atoms with E-state index >= 15 is 0 Å². The van der Waals surface area contributed by atoms with Gasteiger partial charge in [-0.3, -0.25) is 29.4 Å². The zero-order chi connectivity index (χ0) is 21.7. The number of imide groups is 1. The molecule has 8 heteroatoms. The van der Waals surface area contributed by atoms with Crippen molar-refractivity contribution in [3.8, 4) is 0 Å². The van der Waals surface area contributed by atoms with Crippen LogP contribution < -0.4 is 10.2 Å². The summed E-state index contributed by atoms with van der Waals surface area (Å²) in [6, 6.07) is 11.9. The van der Waals surface area contributed by atoms with Crippen LogP contribution in [0.25, 0.3) is 0 Å². The zero-order valence-corrected chi connectivity index (χ0v) is 16.4. The molecule has 4 unspecified atom stereocenters. The Morgan fingerprint density at radius 2 is 1.58 bits per heavy atom. The Bertz CT molecular complexity index is 1110. The number of hydrogen-bond donors (Lipinski definition) is 1. The van der Waals surface area contributed by atoms with E-state index in [-0.39, 0.29) is 41.2 Å². The van der Waals surface area contributed by atoms with Crippen molar-refractivity contribution < 1.29 is 19.3 Å². The fourth-order valence-electron chi connectivity index (χ4n) is 4.99. The van der Waals surface area contributed by atoms with Crippen LogP contribution in [0.5, 0.6) is 0 Å². The number of nitrogens with one attached hydrogen (secondary N) is 1. The average molecular weight is 417 g/mol. The van der Waals surface area contributed by atoms with Gasteiger partial charge in [0.2, 0.25) is 11.8 Å². The van der Waals surface area contributed by atoms with E-state index in [9.17, 15) is 24.5 Å². The van der Waals surface area contributed by atoms with Gasteiger partial charge < -0.3 is 5.32 Å². The van der Waals surface area contributed by atoms with Crippen molar-refractivity contribution in [2.45, 2.75) is 12.8 Å². The number of anilines is 2. The van der Waals surface area contributed by atoms with Crippen molar-refractivity contribution in [1.82, 2.24) is 0 Å². The number of allylic oxidation sites excluding steroid dienone is 2. The van der Waals surface area contributed by atoms with Crippen molar-refractivity contribution in [2.75, 3.05) is 10.2 Å². The van der Waals surface area contributed by atoms with Crippen LogP contribution in [0.3, 0.4) is 0 Å². The van der Waals surface area contributed by atoms with Crippen LogP contribution in [-0.4, -0.2) is 22.6 Å². The van der Waals surface area contributed by atoms with Crippen LogP contribution in [0.2, 0.25) is 0 Å². The largest absolute Gasteiger partial charge is 0.322 e. The summed E-state index contributed by atoms with van der Waals surface area (Å²) in [6.07, 6.45) is 6.02. The molecule has 6 rings (SSSR count). The van der Waals surface area contributed by atoms with E-state index < -0.39 is 10.8 Å². The molecule has 156 valence electrons. The van der Waals surface area contributed by atoms with Crippen LogP contribution in [0, 0.1) is 33.8 Å². The van der Waals surface area contributed by atoms with Crippen molar-refractivity contribution in [3.63, 3.8) is 0 Å². The van der Waals surface area contributed by atoms with E-state index in [4.69, 9.17) is 0 Å². The quantitative estimate of drug-likeness (QED) is 0.354. The molecule has 31 heavy (non-hydrogen) atoms. The molecule has 4 atom stereocenters. The summed E-state index contributed by atoms with van der Waals surface area (Å²) in [4.78, 5) is 50.2.